The van der Waals surface area contributed by atoms with Crippen LogP contribution in [0.15, 0.2) is 36.5 Å². The number of allylic oxidation sites excluding steroid dienone is 6. The fourth-order valence-electron chi connectivity index (χ4n) is 2.72. The Hall–Kier alpha value is -1.39. The predicted octanol–water partition coefficient (Wildman–Crippen LogP) is 5.16. The van der Waals surface area contributed by atoms with E-state index in [2.05, 4.69) is 43.4 Å². The highest BCUT2D eigenvalue weighted by Gasteiger charge is 2.14. The molecular weight excluding hydrogens is 328 g/mol. The van der Waals surface area contributed by atoms with Gasteiger partial charge in [-0.05, 0) is 44.9 Å². The first-order chi connectivity index (χ1) is 12.6. The standard InChI is InChI=1S/C22H38O4/c1-2-3-4-5-6-7-8-9-10-11-12-13-14-15-16-17-20(23)18-21(24)19-22(25)26/h3-4,6-7,9-10,20-21,23-24H,2,5,8,11-19H2,1H3,(H,25,26)/t20-,21-/m1/s1. The number of carboxylic acid groups (broad SMARTS) is 1. The van der Waals surface area contributed by atoms with Crippen molar-refractivity contribution in [3.05, 3.63) is 36.5 Å². The maximum Gasteiger partial charge on any atom is 0.305 e. The number of hydrogen-bond donors (Lipinski definition) is 3. The lowest BCUT2D eigenvalue weighted by Gasteiger charge is -2.13. The van der Waals surface area contributed by atoms with Gasteiger partial charge in [0.2, 0.25) is 0 Å². The fraction of sp³-hybridized carbons (Fsp3) is 0.682. The van der Waals surface area contributed by atoms with Crippen LogP contribution in [0.1, 0.15) is 84.0 Å². The van der Waals surface area contributed by atoms with Gasteiger partial charge >= 0.3 is 5.97 Å². The SMILES string of the molecule is CCC=CCC=CCC=CCCCCCCC[C@@H](O)C[C@@H](O)CC(=O)O. The highest BCUT2D eigenvalue weighted by atomic mass is 16.4. The summed E-state index contributed by atoms with van der Waals surface area (Å²) in [5.41, 5.74) is 0. The van der Waals surface area contributed by atoms with Gasteiger partial charge < -0.3 is 15.3 Å². The zero-order valence-electron chi connectivity index (χ0n) is 16.4. The van der Waals surface area contributed by atoms with Gasteiger partial charge in [0.1, 0.15) is 0 Å². The molecule has 0 aliphatic heterocycles. The summed E-state index contributed by atoms with van der Waals surface area (Å²) in [6.07, 6.45) is 22.0. The number of aliphatic carboxylic acids is 1. The summed E-state index contributed by atoms with van der Waals surface area (Å²) >= 11 is 0. The summed E-state index contributed by atoms with van der Waals surface area (Å²) in [6, 6.07) is 0. The number of rotatable bonds is 17. The molecule has 0 radical (unpaired) electrons. The van der Waals surface area contributed by atoms with Crippen molar-refractivity contribution in [2.75, 3.05) is 0 Å². The van der Waals surface area contributed by atoms with Crippen LogP contribution in [-0.4, -0.2) is 33.5 Å². The normalized spacial score (nSPS) is 14.6. The van der Waals surface area contributed by atoms with E-state index >= 15 is 0 Å². The van der Waals surface area contributed by atoms with Gasteiger partial charge in [-0.25, -0.2) is 0 Å². The second-order valence-electron chi connectivity index (χ2n) is 6.78. The molecule has 0 rings (SSSR count). The van der Waals surface area contributed by atoms with E-state index in [-0.39, 0.29) is 12.8 Å². The zero-order chi connectivity index (χ0) is 19.5. The van der Waals surface area contributed by atoms with Crippen LogP contribution in [0, 0.1) is 0 Å². The lowest BCUT2D eigenvalue weighted by Crippen LogP contribution is -2.20. The van der Waals surface area contributed by atoms with Crippen LogP contribution in [0.4, 0.5) is 0 Å². The minimum atomic E-state index is -1.03. The molecule has 26 heavy (non-hydrogen) atoms. The molecule has 0 aromatic carbocycles. The minimum Gasteiger partial charge on any atom is -0.481 e. The van der Waals surface area contributed by atoms with Gasteiger partial charge in [-0.1, -0.05) is 69.1 Å². The van der Waals surface area contributed by atoms with Crippen molar-refractivity contribution in [1.29, 1.82) is 0 Å². The molecule has 0 bridgehead atoms. The molecule has 4 nitrogen and oxygen atoms in total. The third-order valence-corrected chi connectivity index (χ3v) is 4.14. The van der Waals surface area contributed by atoms with E-state index in [1.165, 1.54) is 12.8 Å². The lowest BCUT2D eigenvalue weighted by molar-refractivity contribution is -0.139. The van der Waals surface area contributed by atoms with Crippen molar-refractivity contribution >= 4 is 5.97 Å². The quantitative estimate of drug-likeness (QED) is 0.245. The lowest BCUT2D eigenvalue weighted by atomic mass is 10.0. The summed E-state index contributed by atoms with van der Waals surface area (Å²) in [4.78, 5) is 10.4. The average molecular weight is 367 g/mol. The summed E-state index contributed by atoms with van der Waals surface area (Å²) in [6.45, 7) is 2.14. The Morgan fingerprint density at radius 2 is 1.38 bits per heavy atom. The highest BCUT2D eigenvalue weighted by molar-refractivity contribution is 5.67. The number of unbranched alkanes of at least 4 members (excludes halogenated alkanes) is 5. The zero-order valence-corrected chi connectivity index (χ0v) is 16.4. The van der Waals surface area contributed by atoms with Crippen molar-refractivity contribution < 1.29 is 20.1 Å². The number of aliphatic hydroxyl groups is 2. The van der Waals surface area contributed by atoms with Crippen molar-refractivity contribution in [2.45, 2.75) is 96.2 Å². The largest absolute Gasteiger partial charge is 0.481 e. The average Bonchev–Trinajstić information content (AvgIpc) is 2.57. The maximum atomic E-state index is 10.4. The van der Waals surface area contributed by atoms with Crippen LogP contribution >= 0.6 is 0 Å². The Bertz CT molecular complexity index is 412. The van der Waals surface area contributed by atoms with Gasteiger partial charge in [0.05, 0.1) is 18.6 Å². The van der Waals surface area contributed by atoms with E-state index in [0.717, 1.165) is 44.9 Å². The maximum absolute atomic E-state index is 10.4. The Kier molecular flexibility index (Phi) is 17.4. The molecule has 0 aromatic rings. The van der Waals surface area contributed by atoms with Crippen LogP contribution in [-0.2, 0) is 4.79 Å². The fourth-order valence-corrected chi connectivity index (χ4v) is 2.72. The molecule has 0 saturated carbocycles. The van der Waals surface area contributed by atoms with Gasteiger partial charge in [-0.15, -0.1) is 0 Å². The molecule has 3 N–H and O–H groups in total. The number of carbonyl (C=O) groups is 1. The molecular formula is C22H38O4. The van der Waals surface area contributed by atoms with Gasteiger partial charge in [0.25, 0.3) is 0 Å². The first-order valence-electron chi connectivity index (χ1n) is 10.1. The Morgan fingerprint density at radius 1 is 0.808 bits per heavy atom. The molecule has 0 aliphatic rings. The van der Waals surface area contributed by atoms with Gasteiger partial charge in [-0.2, -0.15) is 0 Å². The number of hydrogen-bond acceptors (Lipinski definition) is 3. The van der Waals surface area contributed by atoms with Crippen molar-refractivity contribution in [3.8, 4) is 0 Å². The Balaban J connectivity index is 3.41. The van der Waals surface area contributed by atoms with Crippen LogP contribution in [0.25, 0.3) is 0 Å². The molecule has 150 valence electrons. The topological polar surface area (TPSA) is 77.8 Å². The molecule has 0 fully saturated rings. The summed E-state index contributed by atoms with van der Waals surface area (Å²) in [7, 11) is 0. The summed E-state index contributed by atoms with van der Waals surface area (Å²) < 4.78 is 0. The van der Waals surface area contributed by atoms with Crippen molar-refractivity contribution in [2.24, 2.45) is 0 Å². The van der Waals surface area contributed by atoms with Crippen LogP contribution in [0.5, 0.6) is 0 Å². The molecule has 0 heterocycles. The van der Waals surface area contributed by atoms with E-state index < -0.39 is 18.2 Å². The van der Waals surface area contributed by atoms with Crippen LogP contribution < -0.4 is 0 Å². The van der Waals surface area contributed by atoms with E-state index in [0.29, 0.717) is 6.42 Å². The predicted molar refractivity (Wildman–Crippen MR) is 108 cm³/mol. The summed E-state index contributed by atoms with van der Waals surface area (Å²) in [5.74, 6) is -1.03. The highest BCUT2D eigenvalue weighted by Crippen LogP contribution is 2.13. The van der Waals surface area contributed by atoms with E-state index in [1.54, 1.807) is 0 Å². The molecule has 0 amide bonds. The van der Waals surface area contributed by atoms with Gasteiger partial charge in [0, 0.05) is 0 Å². The molecule has 0 saturated heterocycles. The second-order valence-corrected chi connectivity index (χ2v) is 6.78. The number of aliphatic hydroxyl groups excluding tert-OH is 2. The van der Waals surface area contributed by atoms with Crippen LogP contribution in [0.2, 0.25) is 0 Å². The molecule has 0 aromatic heterocycles. The molecule has 2 atom stereocenters. The van der Waals surface area contributed by atoms with E-state index in [9.17, 15) is 15.0 Å². The number of carboxylic acids is 1. The minimum absolute atomic E-state index is 0.153. The first-order valence-corrected chi connectivity index (χ1v) is 10.1. The van der Waals surface area contributed by atoms with E-state index in [1.807, 2.05) is 0 Å². The van der Waals surface area contributed by atoms with E-state index in [4.69, 9.17) is 5.11 Å². The van der Waals surface area contributed by atoms with Crippen LogP contribution in [0.3, 0.4) is 0 Å². The van der Waals surface area contributed by atoms with Gasteiger partial charge in [-0.3, -0.25) is 4.79 Å². The monoisotopic (exact) mass is 366 g/mol. The summed E-state index contributed by atoms with van der Waals surface area (Å²) in [5, 5.41) is 27.8. The van der Waals surface area contributed by atoms with Gasteiger partial charge in [0.15, 0.2) is 0 Å². The Labute approximate surface area is 159 Å². The molecule has 4 heteroatoms. The third kappa shape index (κ3) is 18.9. The van der Waals surface area contributed by atoms with Crippen molar-refractivity contribution in [1.82, 2.24) is 0 Å². The second kappa shape index (κ2) is 18.4. The molecule has 0 spiro atoms. The van der Waals surface area contributed by atoms with Crippen molar-refractivity contribution in [3.63, 3.8) is 0 Å². The first kappa shape index (κ1) is 24.6. The molecule has 0 unspecified atom stereocenters. The molecule has 0 aliphatic carbocycles. The smallest absolute Gasteiger partial charge is 0.305 e. The third-order valence-electron chi connectivity index (χ3n) is 4.14. The Morgan fingerprint density at radius 3 is 2.04 bits per heavy atom.